The van der Waals surface area contributed by atoms with E-state index in [0.717, 1.165) is 0 Å². The van der Waals surface area contributed by atoms with Gasteiger partial charge in [0, 0.05) is 6.61 Å². The minimum atomic E-state index is -0.449. The molecule has 4 heteroatoms. The van der Waals surface area contributed by atoms with E-state index in [2.05, 4.69) is 5.32 Å². The van der Waals surface area contributed by atoms with Crippen LogP contribution < -0.4 is 5.32 Å². The van der Waals surface area contributed by atoms with E-state index in [-0.39, 0.29) is 6.04 Å². The lowest BCUT2D eigenvalue weighted by Gasteiger charge is -2.21. The molecule has 0 saturated carbocycles. The lowest BCUT2D eigenvalue weighted by molar-refractivity contribution is 0.0460. The molecule has 1 N–H and O–H groups in total. The summed E-state index contributed by atoms with van der Waals surface area (Å²) < 4.78 is 10.2. The van der Waals surface area contributed by atoms with Crippen molar-refractivity contribution in [2.24, 2.45) is 0 Å². The molecule has 0 aromatic rings. The number of carbonyl (C=O) groups is 1. The Hall–Kier alpha value is -0.770. The average Bonchev–Trinajstić information content (AvgIpc) is 1.96. The fourth-order valence-electron chi connectivity index (χ4n) is 0.845. The molecule has 84 valence electrons. The van der Waals surface area contributed by atoms with E-state index in [9.17, 15) is 4.79 Å². The first kappa shape index (κ1) is 13.2. The van der Waals surface area contributed by atoms with E-state index in [4.69, 9.17) is 9.47 Å². The third kappa shape index (κ3) is 7.86. The highest BCUT2D eigenvalue weighted by Crippen LogP contribution is 2.06. The van der Waals surface area contributed by atoms with Gasteiger partial charge in [0.1, 0.15) is 5.60 Å². The molecule has 0 aliphatic rings. The summed E-state index contributed by atoms with van der Waals surface area (Å²) in [4.78, 5) is 11.2. The average molecular weight is 203 g/mol. The highest BCUT2D eigenvalue weighted by Gasteiger charge is 2.17. The van der Waals surface area contributed by atoms with Crippen LogP contribution in [0.3, 0.4) is 0 Å². The van der Waals surface area contributed by atoms with E-state index in [0.29, 0.717) is 13.2 Å². The molecular formula is C10H21NO3. The lowest BCUT2D eigenvalue weighted by Crippen LogP contribution is -2.39. The van der Waals surface area contributed by atoms with Gasteiger partial charge in [0.2, 0.25) is 0 Å². The molecule has 0 unspecified atom stereocenters. The molecule has 0 heterocycles. The second kappa shape index (κ2) is 5.86. The van der Waals surface area contributed by atoms with E-state index in [1.165, 1.54) is 0 Å². The molecule has 4 nitrogen and oxygen atoms in total. The van der Waals surface area contributed by atoms with Gasteiger partial charge in [-0.25, -0.2) is 4.79 Å². The third-order valence-corrected chi connectivity index (χ3v) is 1.34. The molecule has 0 bridgehead atoms. The molecule has 0 saturated heterocycles. The van der Waals surface area contributed by atoms with Crippen LogP contribution in [0.25, 0.3) is 0 Å². The van der Waals surface area contributed by atoms with Crippen molar-refractivity contribution in [3.05, 3.63) is 0 Å². The molecule has 1 atom stereocenters. The first-order valence-corrected chi connectivity index (χ1v) is 4.92. The van der Waals surface area contributed by atoms with E-state index < -0.39 is 11.7 Å². The summed E-state index contributed by atoms with van der Waals surface area (Å²) in [5, 5.41) is 2.69. The first-order chi connectivity index (χ1) is 6.35. The van der Waals surface area contributed by atoms with Crippen LogP contribution in [0.2, 0.25) is 0 Å². The van der Waals surface area contributed by atoms with Crippen molar-refractivity contribution in [2.45, 2.75) is 46.3 Å². The molecule has 14 heavy (non-hydrogen) atoms. The Morgan fingerprint density at radius 2 is 2.00 bits per heavy atom. The Kier molecular flexibility index (Phi) is 5.53. The second-order valence-electron chi connectivity index (χ2n) is 4.21. The monoisotopic (exact) mass is 203 g/mol. The van der Waals surface area contributed by atoms with Crippen LogP contribution in [0.1, 0.15) is 34.6 Å². The van der Waals surface area contributed by atoms with Crippen LogP contribution in [-0.2, 0) is 9.47 Å². The normalized spacial score (nSPS) is 13.5. The number of rotatable bonds is 4. The topological polar surface area (TPSA) is 47.6 Å². The van der Waals surface area contributed by atoms with Crippen LogP contribution in [0.15, 0.2) is 0 Å². The summed E-state index contributed by atoms with van der Waals surface area (Å²) in [7, 11) is 0. The molecule has 1 amide bonds. The molecule has 0 radical (unpaired) electrons. The van der Waals surface area contributed by atoms with Crippen molar-refractivity contribution < 1.29 is 14.3 Å². The van der Waals surface area contributed by atoms with Gasteiger partial charge < -0.3 is 14.8 Å². The zero-order valence-corrected chi connectivity index (χ0v) is 9.72. The number of amides is 1. The Bertz CT molecular complexity index is 175. The minimum Gasteiger partial charge on any atom is -0.444 e. The number of nitrogens with one attached hydrogen (secondary N) is 1. The fraction of sp³-hybridized carbons (Fsp3) is 0.900. The van der Waals surface area contributed by atoms with Gasteiger partial charge in [-0.2, -0.15) is 0 Å². The number of carbonyl (C=O) groups excluding carboxylic acids is 1. The number of hydrogen-bond donors (Lipinski definition) is 1. The summed E-state index contributed by atoms with van der Waals surface area (Å²) in [6, 6.07) is -0.0233. The van der Waals surface area contributed by atoms with Crippen molar-refractivity contribution in [2.75, 3.05) is 13.2 Å². The van der Waals surface area contributed by atoms with E-state index in [1.54, 1.807) is 0 Å². The van der Waals surface area contributed by atoms with Gasteiger partial charge in [-0.1, -0.05) is 0 Å². The Balaban J connectivity index is 3.71. The fourth-order valence-corrected chi connectivity index (χ4v) is 0.845. The molecule has 0 spiro atoms. The van der Waals surface area contributed by atoms with Crippen molar-refractivity contribution in [1.82, 2.24) is 5.32 Å². The zero-order valence-electron chi connectivity index (χ0n) is 9.72. The van der Waals surface area contributed by atoms with Gasteiger partial charge in [0.15, 0.2) is 0 Å². The summed E-state index contributed by atoms with van der Waals surface area (Å²) in [5.41, 5.74) is -0.449. The van der Waals surface area contributed by atoms with Crippen LogP contribution >= 0.6 is 0 Å². The van der Waals surface area contributed by atoms with Crippen molar-refractivity contribution in [3.63, 3.8) is 0 Å². The van der Waals surface area contributed by atoms with Gasteiger partial charge in [-0.05, 0) is 34.6 Å². The predicted octanol–water partition coefficient (Wildman–Crippen LogP) is 1.94. The summed E-state index contributed by atoms with van der Waals surface area (Å²) in [5.74, 6) is 0. The Morgan fingerprint density at radius 1 is 1.43 bits per heavy atom. The molecule has 0 rings (SSSR count). The standard InChI is InChI=1S/C10H21NO3/c1-6-13-7-8(2)11-9(12)14-10(3,4)5/h8H,6-7H2,1-5H3,(H,11,12)/t8-/m1/s1. The first-order valence-electron chi connectivity index (χ1n) is 4.92. The molecule has 0 aliphatic heterocycles. The maximum Gasteiger partial charge on any atom is 0.407 e. The van der Waals surface area contributed by atoms with E-state index >= 15 is 0 Å². The van der Waals surface area contributed by atoms with Crippen molar-refractivity contribution in [3.8, 4) is 0 Å². The summed E-state index contributed by atoms with van der Waals surface area (Å²) in [6.07, 6.45) is -0.398. The molecular weight excluding hydrogens is 182 g/mol. The number of ether oxygens (including phenoxy) is 2. The van der Waals surface area contributed by atoms with E-state index in [1.807, 2.05) is 34.6 Å². The number of alkyl carbamates (subject to hydrolysis) is 1. The Morgan fingerprint density at radius 3 is 2.43 bits per heavy atom. The zero-order chi connectivity index (χ0) is 11.2. The van der Waals surface area contributed by atoms with Gasteiger partial charge in [-0.15, -0.1) is 0 Å². The van der Waals surface area contributed by atoms with Crippen LogP contribution in [0, 0.1) is 0 Å². The SMILES string of the molecule is CCOC[C@@H](C)NC(=O)OC(C)(C)C. The smallest absolute Gasteiger partial charge is 0.407 e. The Labute approximate surface area is 86.0 Å². The third-order valence-electron chi connectivity index (χ3n) is 1.34. The quantitative estimate of drug-likeness (QED) is 0.759. The summed E-state index contributed by atoms with van der Waals surface area (Å²) in [6.45, 7) is 10.5. The maximum atomic E-state index is 11.2. The van der Waals surface area contributed by atoms with Crippen LogP contribution in [0.5, 0.6) is 0 Å². The highest BCUT2D eigenvalue weighted by atomic mass is 16.6. The van der Waals surface area contributed by atoms with Crippen LogP contribution in [0.4, 0.5) is 4.79 Å². The van der Waals surface area contributed by atoms with Crippen molar-refractivity contribution >= 4 is 6.09 Å². The van der Waals surface area contributed by atoms with Crippen molar-refractivity contribution in [1.29, 1.82) is 0 Å². The molecule has 0 aliphatic carbocycles. The maximum absolute atomic E-state index is 11.2. The molecule has 0 fully saturated rings. The van der Waals surface area contributed by atoms with Gasteiger partial charge in [0.25, 0.3) is 0 Å². The minimum absolute atomic E-state index is 0.0233. The summed E-state index contributed by atoms with van der Waals surface area (Å²) >= 11 is 0. The molecule has 0 aromatic carbocycles. The second-order valence-corrected chi connectivity index (χ2v) is 4.21. The number of hydrogen-bond acceptors (Lipinski definition) is 3. The predicted molar refractivity (Wildman–Crippen MR) is 55.3 cm³/mol. The van der Waals surface area contributed by atoms with Gasteiger partial charge in [0.05, 0.1) is 12.6 Å². The van der Waals surface area contributed by atoms with Gasteiger partial charge in [-0.3, -0.25) is 0 Å². The van der Waals surface area contributed by atoms with Gasteiger partial charge >= 0.3 is 6.09 Å². The molecule has 0 aromatic heterocycles. The highest BCUT2D eigenvalue weighted by molar-refractivity contribution is 5.68. The van der Waals surface area contributed by atoms with Crippen LogP contribution in [-0.4, -0.2) is 30.9 Å². The largest absolute Gasteiger partial charge is 0.444 e. The lowest BCUT2D eigenvalue weighted by atomic mass is 10.2.